The van der Waals surface area contributed by atoms with Crippen LogP contribution in [-0.2, 0) is 6.61 Å². The minimum absolute atomic E-state index is 0.0578. The summed E-state index contributed by atoms with van der Waals surface area (Å²) in [6.45, 7) is 6.93. The molecule has 0 amide bonds. The number of aromatic nitrogens is 2. The SMILES string of the molecule is CCOc1cc(C=Nn2c([C@H](C)CC)nc3ccc(Br)cc3c2=O)cc(Br)c1OCc1ccccc1. The molecule has 0 bridgehead atoms. The van der Waals surface area contributed by atoms with E-state index in [-0.39, 0.29) is 11.5 Å². The summed E-state index contributed by atoms with van der Waals surface area (Å²) in [5.74, 6) is 1.90. The summed E-state index contributed by atoms with van der Waals surface area (Å²) in [6, 6.07) is 19.2. The molecule has 1 heterocycles. The summed E-state index contributed by atoms with van der Waals surface area (Å²) in [7, 11) is 0. The van der Waals surface area contributed by atoms with Gasteiger partial charge in [0.2, 0.25) is 0 Å². The minimum Gasteiger partial charge on any atom is -0.490 e. The van der Waals surface area contributed by atoms with Crippen molar-refractivity contribution in [2.24, 2.45) is 5.10 Å². The van der Waals surface area contributed by atoms with Crippen LogP contribution >= 0.6 is 31.9 Å². The van der Waals surface area contributed by atoms with Crippen LogP contribution in [-0.4, -0.2) is 22.5 Å². The summed E-state index contributed by atoms with van der Waals surface area (Å²) in [5.41, 5.74) is 2.27. The van der Waals surface area contributed by atoms with Gasteiger partial charge in [0.25, 0.3) is 5.56 Å². The lowest BCUT2D eigenvalue weighted by Gasteiger charge is -2.15. The summed E-state index contributed by atoms with van der Waals surface area (Å²) in [5, 5.41) is 5.08. The molecule has 0 aliphatic carbocycles. The molecular formula is C28H27Br2N3O3. The molecule has 0 fully saturated rings. The van der Waals surface area contributed by atoms with Gasteiger partial charge in [0, 0.05) is 10.4 Å². The maximum atomic E-state index is 13.4. The predicted molar refractivity (Wildman–Crippen MR) is 151 cm³/mol. The Hall–Kier alpha value is -2.97. The summed E-state index contributed by atoms with van der Waals surface area (Å²) >= 11 is 7.07. The maximum Gasteiger partial charge on any atom is 0.282 e. The van der Waals surface area contributed by atoms with E-state index >= 15 is 0 Å². The van der Waals surface area contributed by atoms with Gasteiger partial charge < -0.3 is 9.47 Å². The van der Waals surface area contributed by atoms with Gasteiger partial charge in [0.05, 0.1) is 28.2 Å². The number of fused-ring (bicyclic) bond motifs is 1. The minimum atomic E-state index is -0.209. The van der Waals surface area contributed by atoms with Crippen molar-refractivity contribution in [2.45, 2.75) is 39.7 Å². The van der Waals surface area contributed by atoms with Crippen LogP contribution in [0.5, 0.6) is 11.5 Å². The van der Waals surface area contributed by atoms with Crippen molar-refractivity contribution < 1.29 is 9.47 Å². The molecule has 186 valence electrons. The van der Waals surface area contributed by atoms with Crippen molar-refractivity contribution >= 4 is 49.0 Å². The van der Waals surface area contributed by atoms with E-state index in [0.29, 0.717) is 41.4 Å². The molecule has 1 aromatic heterocycles. The highest BCUT2D eigenvalue weighted by atomic mass is 79.9. The highest BCUT2D eigenvalue weighted by Gasteiger charge is 2.16. The molecule has 8 heteroatoms. The first-order valence-electron chi connectivity index (χ1n) is 11.8. The highest BCUT2D eigenvalue weighted by Crippen LogP contribution is 2.37. The summed E-state index contributed by atoms with van der Waals surface area (Å²) < 4.78 is 14.9. The molecule has 0 saturated carbocycles. The first kappa shape index (κ1) is 26.1. The quantitative estimate of drug-likeness (QED) is 0.186. The van der Waals surface area contributed by atoms with Crippen molar-refractivity contribution in [3.8, 4) is 11.5 Å². The molecule has 0 saturated heterocycles. The van der Waals surface area contributed by atoms with E-state index in [1.54, 1.807) is 12.3 Å². The third-order valence-electron chi connectivity index (χ3n) is 5.77. The molecule has 0 N–H and O–H groups in total. The number of ether oxygens (including phenoxy) is 2. The molecule has 0 aliphatic heterocycles. The van der Waals surface area contributed by atoms with Gasteiger partial charge in [-0.2, -0.15) is 9.78 Å². The molecule has 0 radical (unpaired) electrons. The fraction of sp³-hybridized carbons (Fsp3) is 0.250. The van der Waals surface area contributed by atoms with Crippen molar-refractivity contribution in [2.75, 3.05) is 6.61 Å². The van der Waals surface area contributed by atoms with E-state index in [4.69, 9.17) is 14.5 Å². The molecule has 6 nitrogen and oxygen atoms in total. The van der Waals surface area contributed by atoms with E-state index in [0.717, 1.165) is 26.5 Å². The van der Waals surface area contributed by atoms with Gasteiger partial charge in [-0.05, 0) is 70.7 Å². The van der Waals surface area contributed by atoms with Gasteiger partial charge >= 0.3 is 0 Å². The van der Waals surface area contributed by atoms with Gasteiger partial charge in [0.15, 0.2) is 11.5 Å². The Kier molecular flexibility index (Phi) is 8.59. The van der Waals surface area contributed by atoms with Crippen molar-refractivity contribution in [3.63, 3.8) is 0 Å². The lowest BCUT2D eigenvalue weighted by Crippen LogP contribution is -2.23. The first-order valence-corrected chi connectivity index (χ1v) is 13.4. The number of hydrogen-bond donors (Lipinski definition) is 0. The third-order valence-corrected chi connectivity index (χ3v) is 6.85. The van der Waals surface area contributed by atoms with E-state index in [1.807, 2.05) is 68.4 Å². The average Bonchev–Trinajstić information content (AvgIpc) is 2.88. The molecular weight excluding hydrogens is 586 g/mol. The molecule has 0 unspecified atom stereocenters. The number of halogens is 2. The van der Waals surface area contributed by atoms with Gasteiger partial charge in [-0.15, -0.1) is 0 Å². The van der Waals surface area contributed by atoms with Gasteiger partial charge in [-0.3, -0.25) is 4.79 Å². The molecule has 1 atom stereocenters. The van der Waals surface area contributed by atoms with E-state index in [9.17, 15) is 4.79 Å². The van der Waals surface area contributed by atoms with E-state index < -0.39 is 0 Å². The smallest absolute Gasteiger partial charge is 0.282 e. The predicted octanol–water partition coefficient (Wildman–Crippen LogP) is 7.29. The second-order valence-corrected chi connectivity index (χ2v) is 10.1. The summed E-state index contributed by atoms with van der Waals surface area (Å²) in [4.78, 5) is 18.2. The Morgan fingerprint density at radius 2 is 1.83 bits per heavy atom. The van der Waals surface area contributed by atoms with Crippen LogP contribution < -0.4 is 15.0 Å². The fourth-order valence-electron chi connectivity index (χ4n) is 3.70. The molecule has 0 aliphatic rings. The normalized spacial score (nSPS) is 12.2. The van der Waals surface area contributed by atoms with Crippen LogP contribution in [0.2, 0.25) is 0 Å². The highest BCUT2D eigenvalue weighted by molar-refractivity contribution is 9.10. The third kappa shape index (κ3) is 5.87. The number of rotatable bonds is 9. The number of nitrogens with zero attached hydrogens (tertiary/aromatic N) is 3. The Labute approximate surface area is 227 Å². The molecule has 3 aromatic carbocycles. The van der Waals surface area contributed by atoms with Gasteiger partial charge in [-0.1, -0.05) is 60.1 Å². The van der Waals surface area contributed by atoms with Crippen molar-refractivity contribution in [1.82, 2.24) is 9.66 Å². The van der Waals surface area contributed by atoms with Crippen LogP contribution in [0.4, 0.5) is 0 Å². The number of hydrogen-bond acceptors (Lipinski definition) is 5. The summed E-state index contributed by atoms with van der Waals surface area (Å²) in [6.07, 6.45) is 2.48. The molecule has 4 aromatic rings. The topological polar surface area (TPSA) is 65.7 Å². The Morgan fingerprint density at radius 1 is 1.06 bits per heavy atom. The van der Waals surface area contributed by atoms with E-state index in [1.165, 1.54) is 4.68 Å². The Balaban J connectivity index is 1.72. The monoisotopic (exact) mass is 611 g/mol. The second kappa shape index (κ2) is 11.8. The van der Waals surface area contributed by atoms with Crippen LogP contribution in [0.15, 0.2) is 79.5 Å². The standard InChI is InChI=1S/C28H27Br2N3O3/c1-4-18(3)27-32-24-12-11-21(29)15-22(24)28(34)33(27)31-16-20-13-23(30)26(25(14-20)35-5-2)36-17-19-9-7-6-8-10-19/h6-16,18H,4-5,17H2,1-3H3/t18-/m1/s1. The second-order valence-electron chi connectivity index (χ2n) is 8.34. The fourth-order valence-corrected chi connectivity index (χ4v) is 4.63. The zero-order valence-electron chi connectivity index (χ0n) is 20.4. The largest absolute Gasteiger partial charge is 0.490 e. The number of benzene rings is 3. The van der Waals surface area contributed by atoms with Gasteiger partial charge in [-0.25, -0.2) is 4.98 Å². The maximum absolute atomic E-state index is 13.4. The van der Waals surface area contributed by atoms with E-state index in [2.05, 4.69) is 43.9 Å². The zero-order chi connectivity index (χ0) is 25.7. The van der Waals surface area contributed by atoms with Crippen molar-refractivity contribution in [1.29, 1.82) is 0 Å². The van der Waals surface area contributed by atoms with Gasteiger partial charge in [0.1, 0.15) is 12.4 Å². The molecule has 36 heavy (non-hydrogen) atoms. The first-order chi connectivity index (χ1) is 17.4. The Bertz CT molecular complexity index is 1450. The van der Waals surface area contributed by atoms with Crippen LogP contribution in [0.3, 0.4) is 0 Å². The van der Waals surface area contributed by atoms with Crippen molar-refractivity contribution in [3.05, 3.63) is 96.9 Å². The molecule has 4 rings (SSSR count). The average molecular weight is 613 g/mol. The molecule has 0 spiro atoms. The zero-order valence-corrected chi connectivity index (χ0v) is 23.5. The lowest BCUT2D eigenvalue weighted by molar-refractivity contribution is 0.267. The van der Waals surface area contributed by atoms with Crippen LogP contribution in [0.25, 0.3) is 10.9 Å². The lowest BCUT2D eigenvalue weighted by atomic mass is 10.1. The van der Waals surface area contributed by atoms with Crippen LogP contribution in [0, 0.1) is 0 Å². The van der Waals surface area contributed by atoms with Crippen LogP contribution in [0.1, 0.15) is 50.1 Å². The Morgan fingerprint density at radius 3 is 2.56 bits per heavy atom.